The summed E-state index contributed by atoms with van der Waals surface area (Å²) in [6.07, 6.45) is 3.80. The Balaban J connectivity index is 1.37. The number of benzene rings is 1. The molecule has 2 amide bonds. The van der Waals surface area contributed by atoms with Crippen molar-refractivity contribution in [3.8, 4) is 0 Å². The topological polar surface area (TPSA) is 113 Å². The summed E-state index contributed by atoms with van der Waals surface area (Å²) in [4.78, 5) is 41.1. The van der Waals surface area contributed by atoms with Crippen LogP contribution in [0.3, 0.4) is 0 Å². The lowest BCUT2D eigenvalue weighted by molar-refractivity contribution is -0.160. The minimum atomic E-state index is -0.951. The molecule has 1 aliphatic carbocycles. The van der Waals surface area contributed by atoms with Crippen molar-refractivity contribution >= 4 is 18.0 Å². The summed E-state index contributed by atoms with van der Waals surface area (Å²) >= 11 is 0. The van der Waals surface area contributed by atoms with E-state index >= 15 is 0 Å². The van der Waals surface area contributed by atoms with Crippen LogP contribution in [0, 0.1) is 5.92 Å². The van der Waals surface area contributed by atoms with Crippen molar-refractivity contribution in [1.82, 2.24) is 10.2 Å². The molecule has 2 heterocycles. The Morgan fingerprint density at radius 1 is 1.07 bits per heavy atom. The monoisotopic (exact) mass is 560 g/mol. The maximum atomic E-state index is 14.0. The van der Waals surface area contributed by atoms with Crippen LogP contribution < -0.4 is 5.32 Å². The lowest BCUT2D eigenvalue weighted by Gasteiger charge is -2.35. The van der Waals surface area contributed by atoms with Gasteiger partial charge in [0, 0.05) is 13.0 Å². The first kappa shape index (κ1) is 30.3. The average molecular weight is 561 g/mol. The molecule has 1 aromatic rings. The van der Waals surface area contributed by atoms with Crippen LogP contribution in [-0.2, 0) is 39.9 Å². The van der Waals surface area contributed by atoms with E-state index in [1.807, 2.05) is 30.3 Å². The SMILES string of the molecule is COC(=O)[C@@H]1[C@H]2OC(CCCOCc3ccccc3)O[C@H]2CN1C(=O)[C@@H](NC(=O)OC(C)(C)C)C1CCCCC1. The number of rotatable bonds is 10. The van der Waals surface area contributed by atoms with Crippen LogP contribution in [0.25, 0.3) is 0 Å². The molecule has 2 saturated heterocycles. The first-order valence-corrected chi connectivity index (χ1v) is 14.5. The molecule has 0 bridgehead atoms. The van der Waals surface area contributed by atoms with Crippen LogP contribution in [0.2, 0.25) is 0 Å². The van der Waals surface area contributed by atoms with Gasteiger partial charge in [-0.1, -0.05) is 49.6 Å². The molecule has 1 unspecified atom stereocenters. The number of carbonyl (C=O) groups is 3. The average Bonchev–Trinajstić information content (AvgIpc) is 3.48. The highest BCUT2D eigenvalue weighted by Gasteiger charge is 2.56. The van der Waals surface area contributed by atoms with Crippen LogP contribution in [0.15, 0.2) is 30.3 Å². The lowest BCUT2D eigenvalue weighted by Crippen LogP contribution is -2.57. The van der Waals surface area contributed by atoms with Crippen molar-refractivity contribution < 1.29 is 38.1 Å². The molecule has 1 saturated carbocycles. The summed E-state index contributed by atoms with van der Waals surface area (Å²) in [5.74, 6) is -0.936. The summed E-state index contributed by atoms with van der Waals surface area (Å²) in [5, 5.41) is 2.82. The van der Waals surface area contributed by atoms with Gasteiger partial charge in [-0.3, -0.25) is 4.79 Å². The van der Waals surface area contributed by atoms with E-state index in [4.69, 9.17) is 23.7 Å². The fourth-order valence-corrected chi connectivity index (χ4v) is 5.80. The number of carbonyl (C=O) groups excluding carboxylic acids is 3. The Labute approximate surface area is 237 Å². The molecular formula is C30H44N2O8. The Morgan fingerprint density at radius 3 is 2.48 bits per heavy atom. The van der Waals surface area contributed by atoms with Gasteiger partial charge in [0.2, 0.25) is 5.91 Å². The highest BCUT2D eigenvalue weighted by atomic mass is 16.7. The van der Waals surface area contributed by atoms with Crippen LogP contribution in [0.4, 0.5) is 4.79 Å². The van der Waals surface area contributed by atoms with E-state index < -0.39 is 48.2 Å². The van der Waals surface area contributed by atoms with E-state index in [2.05, 4.69) is 5.32 Å². The molecule has 0 radical (unpaired) electrons. The molecule has 1 N–H and O–H groups in total. The summed E-state index contributed by atoms with van der Waals surface area (Å²) < 4.78 is 28.6. The molecule has 10 heteroatoms. The molecular weight excluding hydrogens is 516 g/mol. The fourth-order valence-electron chi connectivity index (χ4n) is 5.80. The van der Waals surface area contributed by atoms with E-state index in [1.54, 1.807) is 20.8 Å². The molecule has 1 aromatic carbocycles. The summed E-state index contributed by atoms with van der Waals surface area (Å²) in [7, 11) is 1.30. The van der Waals surface area contributed by atoms with Gasteiger partial charge in [-0.2, -0.15) is 0 Å². The largest absolute Gasteiger partial charge is 0.467 e. The predicted octanol–water partition coefficient (Wildman–Crippen LogP) is 3.95. The zero-order valence-electron chi connectivity index (χ0n) is 24.1. The second kappa shape index (κ2) is 13.8. The summed E-state index contributed by atoms with van der Waals surface area (Å²) in [6, 6.07) is 8.22. The van der Waals surface area contributed by atoms with Gasteiger partial charge in [-0.15, -0.1) is 0 Å². The molecule has 2 aliphatic heterocycles. The Bertz CT molecular complexity index is 991. The van der Waals surface area contributed by atoms with E-state index in [-0.39, 0.29) is 18.4 Å². The van der Waals surface area contributed by atoms with Gasteiger partial charge in [-0.25, -0.2) is 9.59 Å². The number of nitrogens with zero attached hydrogens (tertiary/aromatic N) is 1. The van der Waals surface area contributed by atoms with Crippen molar-refractivity contribution in [2.75, 3.05) is 20.3 Å². The zero-order chi connectivity index (χ0) is 28.7. The minimum Gasteiger partial charge on any atom is -0.467 e. The van der Waals surface area contributed by atoms with Gasteiger partial charge in [0.1, 0.15) is 23.9 Å². The molecule has 3 aliphatic rings. The number of fused-ring (bicyclic) bond motifs is 1. The van der Waals surface area contributed by atoms with Crippen molar-refractivity contribution in [3.05, 3.63) is 35.9 Å². The Hall–Kier alpha value is -2.69. The van der Waals surface area contributed by atoms with Crippen LogP contribution in [0.5, 0.6) is 0 Å². The van der Waals surface area contributed by atoms with E-state index in [0.717, 1.165) is 44.1 Å². The van der Waals surface area contributed by atoms with E-state index in [1.165, 1.54) is 12.0 Å². The number of nitrogens with one attached hydrogen (secondary N) is 1. The van der Waals surface area contributed by atoms with Gasteiger partial charge in [0.05, 0.1) is 20.3 Å². The molecule has 0 aromatic heterocycles. The third-order valence-electron chi connectivity index (χ3n) is 7.65. The maximum absolute atomic E-state index is 14.0. The highest BCUT2D eigenvalue weighted by Crippen LogP contribution is 2.36. The van der Waals surface area contributed by atoms with Gasteiger partial charge in [0.25, 0.3) is 0 Å². The number of hydrogen-bond donors (Lipinski definition) is 1. The van der Waals surface area contributed by atoms with E-state index in [9.17, 15) is 14.4 Å². The molecule has 0 spiro atoms. The molecule has 4 rings (SSSR count). The van der Waals surface area contributed by atoms with Crippen LogP contribution in [-0.4, -0.2) is 79.3 Å². The standard InChI is InChI=1S/C30H44N2O8/c1-30(2,3)40-29(35)31-24(21-14-9-6-10-15-21)27(33)32-18-22-26(25(32)28(34)36-4)39-23(38-22)16-11-17-37-19-20-12-7-5-8-13-20/h5,7-8,12-13,21-26H,6,9-11,14-19H2,1-4H3,(H,31,35)/t22-,23?,24-,25-,26-/m0/s1. The number of methoxy groups -OCH3 is 1. The summed E-state index contributed by atoms with van der Waals surface area (Å²) in [6.45, 7) is 6.61. The van der Waals surface area contributed by atoms with Gasteiger partial charge in [0.15, 0.2) is 12.3 Å². The Kier molecular flexibility index (Phi) is 10.4. The number of ether oxygens (including phenoxy) is 5. The van der Waals surface area contributed by atoms with Crippen molar-refractivity contribution in [2.24, 2.45) is 5.92 Å². The lowest BCUT2D eigenvalue weighted by atomic mass is 9.83. The number of hydrogen-bond acceptors (Lipinski definition) is 8. The normalized spacial score (nSPS) is 25.8. The number of esters is 1. The smallest absolute Gasteiger partial charge is 0.408 e. The molecule has 3 fully saturated rings. The minimum absolute atomic E-state index is 0.0435. The molecule has 222 valence electrons. The quantitative estimate of drug-likeness (QED) is 0.338. The fraction of sp³-hybridized carbons (Fsp3) is 0.700. The van der Waals surface area contributed by atoms with Crippen molar-refractivity contribution in [2.45, 2.75) is 109 Å². The van der Waals surface area contributed by atoms with Gasteiger partial charge >= 0.3 is 12.1 Å². The van der Waals surface area contributed by atoms with Crippen molar-refractivity contribution in [1.29, 1.82) is 0 Å². The van der Waals surface area contributed by atoms with Gasteiger partial charge < -0.3 is 33.9 Å². The van der Waals surface area contributed by atoms with E-state index in [0.29, 0.717) is 19.6 Å². The summed E-state index contributed by atoms with van der Waals surface area (Å²) in [5.41, 5.74) is 0.413. The second-order valence-electron chi connectivity index (χ2n) is 11.9. The molecule has 10 nitrogen and oxygen atoms in total. The third-order valence-corrected chi connectivity index (χ3v) is 7.65. The first-order chi connectivity index (χ1) is 19.2. The predicted molar refractivity (Wildman–Crippen MR) is 146 cm³/mol. The Morgan fingerprint density at radius 2 is 1.80 bits per heavy atom. The van der Waals surface area contributed by atoms with Crippen LogP contribution in [0.1, 0.15) is 71.3 Å². The number of likely N-dealkylation sites (tertiary alicyclic amines) is 1. The van der Waals surface area contributed by atoms with Crippen molar-refractivity contribution in [3.63, 3.8) is 0 Å². The third kappa shape index (κ3) is 7.95. The van der Waals surface area contributed by atoms with Crippen LogP contribution >= 0.6 is 0 Å². The number of alkyl carbamates (subject to hydrolysis) is 1. The maximum Gasteiger partial charge on any atom is 0.408 e. The molecule has 5 atom stereocenters. The van der Waals surface area contributed by atoms with Gasteiger partial charge in [-0.05, 0) is 51.5 Å². The second-order valence-corrected chi connectivity index (χ2v) is 11.9. The zero-order valence-corrected chi connectivity index (χ0v) is 24.1. The molecule has 40 heavy (non-hydrogen) atoms. The highest BCUT2D eigenvalue weighted by molar-refractivity contribution is 5.91. The number of amides is 2. The first-order valence-electron chi connectivity index (χ1n) is 14.5.